The van der Waals surface area contributed by atoms with E-state index in [2.05, 4.69) is 11.9 Å². The number of imidazole rings is 1. The van der Waals surface area contributed by atoms with Crippen LogP contribution in [-0.4, -0.2) is 33.6 Å². The monoisotopic (exact) mass is 498 g/mol. The summed E-state index contributed by atoms with van der Waals surface area (Å²) >= 11 is 1.54. The third-order valence-electron chi connectivity index (χ3n) is 5.78. The molecule has 0 atom stereocenters. The fourth-order valence-electron chi connectivity index (χ4n) is 3.95. The van der Waals surface area contributed by atoms with Crippen LogP contribution in [0.5, 0.6) is 17.4 Å². The molecular formula is C27H22N4O4S. The Hall–Kier alpha value is -4.37. The molecule has 0 saturated carbocycles. The molecule has 5 heterocycles. The molecule has 1 aromatic carbocycles. The zero-order valence-electron chi connectivity index (χ0n) is 19.9. The zero-order valence-corrected chi connectivity index (χ0v) is 20.7. The van der Waals surface area contributed by atoms with Gasteiger partial charge in [0.1, 0.15) is 40.0 Å². The molecule has 0 aliphatic rings. The van der Waals surface area contributed by atoms with Gasteiger partial charge in [-0.15, -0.1) is 11.3 Å². The summed E-state index contributed by atoms with van der Waals surface area (Å²) in [6.45, 7) is 2.35. The molecule has 8 nitrogen and oxygen atoms in total. The molecule has 36 heavy (non-hydrogen) atoms. The average molecular weight is 499 g/mol. The number of benzene rings is 1. The van der Waals surface area contributed by atoms with Crippen molar-refractivity contribution in [2.24, 2.45) is 0 Å². The van der Waals surface area contributed by atoms with E-state index < -0.39 is 0 Å². The molecule has 0 bridgehead atoms. The Balaban J connectivity index is 1.28. The van der Waals surface area contributed by atoms with Gasteiger partial charge >= 0.3 is 0 Å². The number of fused-ring (bicyclic) bond motifs is 2. The molecule has 180 valence electrons. The van der Waals surface area contributed by atoms with Crippen LogP contribution in [0.4, 0.5) is 0 Å². The van der Waals surface area contributed by atoms with Crippen molar-refractivity contribution in [2.45, 2.75) is 13.5 Å². The summed E-state index contributed by atoms with van der Waals surface area (Å²) in [6.07, 6.45) is 5.75. The Morgan fingerprint density at radius 2 is 1.92 bits per heavy atom. The smallest absolute Gasteiger partial charge is 0.212 e. The molecule has 9 heteroatoms. The highest BCUT2D eigenvalue weighted by molar-refractivity contribution is 7.13. The maximum absolute atomic E-state index is 6.20. The number of rotatable bonds is 7. The van der Waals surface area contributed by atoms with E-state index in [9.17, 15) is 0 Å². The number of methoxy groups -OCH3 is 2. The van der Waals surface area contributed by atoms with E-state index in [0.29, 0.717) is 35.3 Å². The molecule has 0 spiro atoms. The minimum absolute atomic E-state index is 0.302. The van der Waals surface area contributed by atoms with Gasteiger partial charge in [-0.05, 0) is 30.7 Å². The van der Waals surface area contributed by atoms with Crippen LogP contribution in [0.3, 0.4) is 0 Å². The van der Waals surface area contributed by atoms with Gasteiger partial charge in [0, 0.05) is 47.7 Å². The van der Waals surface area contributed by atoms with E-state index in [0.717, 1.165) is 38.6 Å². The number of aromatic nitrogens is 4. The second-order valence-electron chi connectivity index (χ2n) is 8.27. The summed E-state index contributed by atoms with van der Waals surface area (Å²) in [5, 5.41) is 3.69. The fraction of sp³-hybridized carbons (Fsp3) is 0.148. The van der Waals surface area contributed by atoms with Crippen LogP contribution < -0.4 is 14.2 Å². The van der Waals surface area contributed by atoms with Crippen LogP contribution in [-0.2, 0) is 6.61 Å². The van der Waals surface area contributed by atoms with Crippen LogP contribution in [0.15, 0.2) is 70.9 Å². The number of hydrogen-bond acceptors (Lipinski definition) is 8. The Labute approximate surface area is 210 Å². The van der Waals surface area contributed by atoms with E-state index in [1.54, 1.807) is 31.8 Å². The van der Waals surface area contributed by atoms with Crippen molar-refractivity contribution in [3.8, 4) is 39.4 Å². The Morgan fingerprint density at radius 3 is 2.72 bits per heavy atom. The van der Waals surface area contributed by atoms with Crippen molar-refractivity contribution < 1.29 is 18.6 Å². The van der Waals surface area contributed by atoms with Crippen LogP contribution in [0, 0.1) is 6.92 Å². The third-order valence-corrected chi connectivity index (χ3v) is 6.72. The zero-order chi connectivity index (χ0) is 24.6. The standard InChI is InChI=1S/C27H22N4O4S/c1-16-4-6-25-30-21(13-31(25)12-16)24-10-20-22(8-19(32-2)9-23(20)35-24)34-14-18-15-36-27(29-18)17-5-7-26(33-3)28-11-17/h4-13,15H,14H2,1-3H3. The highest BCUT2D eigenvalue weighted by atomic mass is 32.1. The lowest BCUT2D eigenvalue weighted by Crippen LogP contribution is -1.97. The molecule has 0 N–H and O–H groups in total. The van der Waals surface area contributed by atoms with Gasteiger partial charge in [-0.3, -0.25) is 0 Å². The number of pyridine rings is 2. The maximum atomic E-state index is 6.20. The minimum Gasteiger partial charge on any atom is -0.496 e. The number of nitrogens with zero attached hydrogens (tertiary/aromatic N) is 4. The highest BCUT2D eigenvalue weighted by Gasteiger charge is 2.16. The summed E-state index contributed by atoms with van der Waals surface area (Å²) in [6, 6.07) is 13.4. The molecule has 0 amide bonds. The van der Waals surface area contributed by atoms with E-state index >= 15 is 0 Å². The van der Waals surface area contributed by atoms with E-state index in [1.165, 1.54) is 0 Å². The van der Waals surface area contributed by atoms with Gasteiger partial charge in [-0.25, -0.2) is 15.0 Å². The highest BCUT2D eigenvalue weighted by Crippen LogP contribution is 2.37. The van der Waals surface area contributed by atoms with Crippen molar-refractivity contribution in [3.63, 3.8) is 0 Å². The first-order valence-electron chi connectivity index (χ1n) is 11.2. The summed E-state index contributed by atoms with van der Waals surface area (Å²) in [4.78, 5) is 13.7. The second-order valence-corrected chi connectivity index (χ2v) is 9.13. The fourth-order valence-corrected chi connectivity index (χ4v) is 4.75. The van der Waals surface area contributed by atoms with Gasteiger partial charge in [-0.2, -0.15) is 0 Å². The molecule has 0 radical (unpaired) electrons. The number of hydrogen-bond donors (Lipinski definition) is 0. The SMILES string of the molecule is COc1cc(OCc2csc(-c3ccc(OC)nc3)n2)c2cc(-c3cn4cc(C)ccc4n3)oc2c1. The minimum atomic E-state index is 0.302. The van der Waals surface area contributed by atoms with Crippen molar-refractivity contribution >= 4 is 28.0 Å². The lowest BCUT2D eigenvalue weighted by molar-refractivity contribution is 0.303. The van der Waals surface area contributed by atoms with Crippen LogP contribution >= 0.6 is 11.3 Å². The third kappa shape index (κ3) is 4.14. The molecule has 6 rings (SSSR count). The first-order chi connectivity index (χ1) is 17.6. The average Bonchev–Trinajstić information content (AvgIpc) is 3.64. The van der Waals surface area contributed by atoms with Gasteiger partial charge in [0.25, 0.3) is 0 Å². The maximum Gasteiger partial charge on any atom is 0.212 e. The Morgan fingerprint density at radius 1 is 1.00 bits per heavy atom. The second kappa shape index (κ2) is 9.01. The molecule has 0 aliphatic heterocycles. The Kier molecular flexibility index (Phi) is 5.54. The number of ether oxygens (including phenoxy) is 3. The quantitative estimate of drug-likeness (QED) is 0.260. The number of furan rings is 1. The molecule has 0 fully saturated rings. The number of aryl methyl sites for hydroxylation is 1. The molecule has 0 saturated heterocycles. The van der Waals surface area contributed by atoms with Gasteiger partial charge in [-0.1, -0.05) is 6.07 Å². The normalized spacial score (nSPS) is 11.3. The van der Waals surface area contributed by atoms with Gasteiger partial charge < -0.3 is 23.0 Å². The predicted octanol–water partition coefficient (Wildman–Crippen LogP) is 6.17. The van der Waals surface area contributed by atoms with E-state index in [1.807, 2.05) is 64.6 Å². The lowest BCUT2D eigenvalue weighted by atomic mass is 10.2. The molecule has 5 aromatic heterocycles. The van der Waals surface area contributed by atoms with Crippen molar-refractivity contribution in [2.75, 3.05) is 14.2 Å². The summed E-state index contributed by atoms with van der Waals surface area (Å²) in [5.41, 5.74) is 5.18. The van der Waals surface area contributed by atoms with E-state index in [4.69, 9.17) is 28.6 Å². The van der Waals surface area contributed by atoms with Crippen LogP contribution in [0.1, 0.15) is 11.3 Å². The summed E-state index contributed by atoms with van der Waals surface area (Å²) in [5.74, 6) is 2.53. The van der Waals surface area contributed by atoms with Crippen molar-refractivity contribution in [3.05, 3.63) is 77.7 Å². The largest absolute Gasteiger partial charge is 0.496 e. The Bertz CT molecular complexity index is 1680. The molecular weight excluding hydrogens is 476 g/mol. The first kappa shape index (κ1) is 22.1. The lowest BCUT2D eigenvalue weighted by Gasteiger charge is -2.08. The topological polar surface area (TPSA) is 83.9 Å². The van der Waals surface area contributed by atoms with Crippen LogP contribution in [0.2, 0.25) is 0 Å². The number of thiazole rings is 1. The van der Waals surface area contributed by atoms with Gasteiger partial charge in [0.2, 0.25) is 5.88 Å². The van der Waals surface area contributed by atoms with Crippen LogP contribution in [0.25, 0.3) is 38.6 Å². The van der Waals surface area contributed by atoms with E-state index in [-0.39, 0.29) is 0 Å². The summed E-state index contributed by atoms with van der Waals surface area (Å²) in [7, 11) is 3.21. The van der Waals surface area contributed by atoms with Gasteiger partial charge in [0.15, 0.2) is 5.76 Å². The van der Waals surface area contributed by atoms with Crippen molar-refractivity contribution in [1.82, 2.24) is 19.4 Å². The van der Waals surface area contributed by atoms with Crippen molar-refractivity contribution in [1.29, 1.82) is 0 Å². The van der Waals surface area contributed by atoms with Gasteiger partial charge in [0.05, 0.1) is 25.3 Å². The summed E-state index contributed by atoms with van der Waals surface area (Å²) < 4.78 is 25.0. The first-order valence-corrected chi connectivity index (χ1v) is 12.1. The molecule has 0 aliphatic carbocycles. The predicted molar refractivity (Wildman–Crippen MR) is 138 cm³/mol. The molecule has 0 unspecified atom stereocenters. The molecule has 6 aromatic rings.